The zero-order chi connectivity index (χ0) is 15.2. The largest absolute Gasteiger partial charge is 0.495 e. The number of benzene rings is 1. The number of nitrogens with zero attached hydrogens (tertiary/aromatic N) is 4. The topological polar surface area (TPSA) is 75.7 Å². The molecule has 0 saturated heterocycles. The predicted molar refractivity (Wildman–Crippen MR) is 82.7 cm³/mol. The van der Waals surface area contributed by atoms with Gasteiger partial charge in [-0.2, -0.15) is 10.2 Å². The maximum Gasteiger partial charge on any atom is 0.277 e. The number of carbonyl (C=O) groups is 1. The highest BCUT2D eigenvalue weighted by molar-refractivity contribution is 6.03. The summed E-state index contributed by atoms with van der Waals surface area (Å²) in [6.07, 6.45) is 9.26. The number of hydrogen-bond donors (Lipinski definition) is 0. The van der Waals surface area contributed by atoms with Crippen LogP contribution in [0.1, 0.15) is 15.9 Å². The van der Waals surface area contributed by atoms with Crippen molar-refractivity contribution in [3.8, 4) is 0 Å². The molecule has 0 atom stereocenters. The van der Waals surface area contributed by atoms with E-state index in [1.165, 1.54) is 18.7 Å². The van der Waals surface area contributed by atoms with Crippen molar-refractivity contribution in [1.82, 2.24) is 0 Å². The van der Waals surface area contributed by atoms with Crippen LogP contribution >= 0.6 is 0 Å². The van der Waals surface area contributed by atoms with E-state index in [4.69, 9.17) is 4.74 Å². The molecular weight excluding hydrogens is 280 g/mol. The molecule has 0 unspecified atom stereocenters. The Hall–Kier alpha value is -3.15. The van der Waals surface area contributed by atoms with Gasteiger partial charge in [-0.15, -0.1) is 0 Å². The van der Waals surface area contributed by atoms with Gasteiger partial charge in [0.1, 0.15) is 12.9 Å². The van der Waals surface area contributed by atoms with Gasteiger partial charge in [-0.3, -0.25) is 9.79 Å². The summed E-state index contributed by atoms with van der Waals surface area (Å²) in [5, 5.41) is 7.75. The number of ether oxygens (including phenoxy) is 1. The lowest BCUT2D eigenvalue weighted by Crippen LogP contribution is -2.03. The third-order valence-corrected chi connectivity index (χ3v) is 3.03. The van der Waals surface area contributed by atoms with Crippen LogP contribution in [0, 0.1) is 0 Å². The summed E-state index contributed by atoms with van der Waals surface area (Å²) in [6.45, 7) is 0.276. The third-order valence-electron chi connectivity index (χ3n) is 3.03. The molecule has 0 spiro atoms. The van der Waals surface area contributed by atoms with E-state index >= 15 is 0 Å². The van der Waals surface area contributed by atoms with Crippen LogP contribution in [-0.4, -0.2) is 18.3 Å². The Morgan fingerprint density at radius 3 is 3.05 bits per heavy atom. The van der Waals surface area contributed by atoms with E-state index in [9.17, 15) is 4.79 Å². The summed E-state index contributed by atoms with van der Waals surface area (Å²) in [7, 11) is 0. The SMILES string of the molecule is O=C1N=CC2=CN=N/C2=C/C=N/C=C\OCc2ccccc21. The minimum absolute atomic E-state index is 0.276. The second-order valence-electron chi connectivity index (χ2n) is 4.47. The standard InChI is InChI=1S/C16H12N4O2/c21-16-14-4-2-1-3-12(14)11-22-8-7-17-6-5-15-13(9-18-16)10-19-20-15/h1-10H,11H2/b8-7-,15-5+,17-6+,18-9?. The maximum absolute atomic E-state index is 12.3. The van der Waals surface area contributed by atoms with Crippen molar-refractivity contribution in [1.29, 1.82) is 0 Å². The normalized spacial score (nSPS) is 22.5. The number of hydrogen-bond acceptors (Lipinski definition) is 5. The molecule has 0 bridgehead atoms. The molecule has 1 amide bonds. The minimum atomic E-state index is -0.332. The minimum Gasteiger partial charge on any atom is -0.495 e. The Labute approximate surface area is 127 Å². The van der Waals surface area contributed by atoms with Crippen LogP contribution in [0.15, 0.2) is 80.5 Å². The number of azo groups is 1. The fraction of sp³-hybridized carbons (Fsp3) is 0.0625. The van der Waals surface area contributed by atoms with Crippen LogP contribution in [-0.2, 0) is 11.3 Å². The molecule has 2 aliphatic heterocycles. The smallest absolute Gasteiger partial charge is 0.277 e. The van der Waals surface area contributed by atoms with Crippen LogP contribution in [0.2, 0.25) is 0 Å². The Balaban J connectivity index is 1.98. The summed E-state index contributed by atoms with van der Waals surface area (Å²) in [4.78, 5) is 20.3. The average Bonchev–Trinajstić information content (AvgIpc) is 2.99. The molecule has 6 heteroatoms. The summed E-state index contributed by atoms with van der Waals surface area (Å²) >= 11 is 0. The van der Waals surface area contributed by atoms with Crippen molar-refractivity contribution in [2.24, 2.45) is 20.2 Å². The van der Waals surface area contributed by atoms with Gasteiger partial charge in [0, 0.05) is 29.1 Å². The van der Waals surface area contributed by atoms with Gasteiger partial charge in [0.25, 0.3) is 5.91 Å². The van der Waals surface area contributed by atoms with Crippen molar-refractivity contribution in [2.45, 2.75) is 6.61 Å². The third kappa shape index (κ3) is 3.12. The Morgan fingerprint density at radius 1 is 1.18 bits per heavy atom. The zero-order valence-corrected chi connectivity index (χ0v) is 11.6. The molecular formula is C16H12N4O2. The molecule has 0 saturated carbocycles. The lowest BCUT2D eigenvalue weighted by Gasteiger charge is -2.06. The van der Waals surface area contributed by atoms with Crippen LogP contribution in [0.3, 0.4) is 0 Å². The van der Waals surface area contributed by atoms with E-state index in [0.29, 0.717) is 16.8 Å². The Morgan fingerprint density at radius 2 is 2.09 bits per heavy atom. The molecule has 3 rings (SSSR count). The van der Waals surface area contributed by atoms with E-state index in [-0.39, 0.29) is 12.5 Å². The van der Waals surface area contributed by atoms with E-state index < -0.39 is 0 Å². The highest BCUT2D eigenvalue weighted by Gasteiger charge is 2.11. The number of aliphatic imine (C=N–C) groups is 2. The van der Waals surface area contributed by atoms with Crippen LogP contribution in [0.4, 0.5) is 0 Å². The first kappa shape index (κ1) is 13.8. The highest BCUT2D eigenvalue weighted by atomic mass is 16.5. The van der Waals surface area contributed by atoms with Crippen molar-refractivity contribution >= 4 is 18.3 Å². The molecule has 0 aromatic heterocycles. The van der Waals surface area contributed by atoms with Gasteiger partial charge in [-0.05, 0) is 12.1 Å². The second kappa shape index (κ2) is 6.53. The number of amides is 1. The van der Waals surface area contributed by atoms with Gasteiger partial charge in [-0.1, -0.05) is 18.2 Å². The lowest BCUT2D eigenvalue weighted by atomic mass is 10.1. The molecule has 2 aliphatic rings. The molecule has 0 fully saturated rings. The molecule has 0 radical (unpaired) electrons. The molecule has 0 N–H and O–H groups in total. The first-order valence-corrected chi connectivity index (χ1v) is 6.62. The van der Waals surface area contributed by atoms with Crippen molar-refractivity contribution in [3.05, 3.63) is 71.4 Å². The van der Waals surface area contributed by atoms with Crippen LogP contribution in [0.5, 0.6) is 0 Å². The highest BCUT2D eigenvalue weighted by Crippen LogP contribution is 2.17. The monoisotopic (exact) mass is 292 g/mol. The van der Waals surface area contributed by atoms with Crippen molar-refractivity contribution < 1.29 is 9.53 Å². The Kier molecular flexibility index (Phi) is 4.10. The lowest BCUT2D eigenvalue weighted by molar-refractivity contribution is 0.1000. The van der Waals surface area contributed by atoms with Crippen molar-refractivity contribution in [2.75, 3.05) is 0 Å². The quantitative estimate of drug-likeness (QED) is 0.736. The summed E-state index contributed by atoms with van der Waals surface area (Å²) in [6, 6.07) is 7.19. The van der Waals surface area contributed by atoms with Crippen molar-refractivity contribution in [3.63, 3.8) is 0 Å². The fourth-order valence-corrected chi connectivity index (χ4v) is 1.94. The summed E-state index contributed by atoms with van der Waals surface area (Å²) < 4.78 is 5.37. The maximum atomic E-state index is 12.3. The average molecular weight is 292 g/mol. The van der Waals surface area contributed by atoms with Gasteiger partial charge < -0.3 is 4.74 Å². The number of allylic oxidation sites excluding steroid dienone is 2. The van der Waals surface area contributed by atoms with Gasteiger partial charge in [0.15, 0.2) is 0 Å². The molecule has 22 heavy (non-hydrogen) atoms. The van der Waals surface area contributed by atoms with Crippen LogP contribution < -0.4 is 0 Å². The number of fused-ring (bicyclic) bond motifs is 2. The first-order chi connectivity index (χ1) is 10.8. The number of carbonyl (C=O) groups excluding carboxylic acids is 1. The predicted octanol–water partition coefficient (Wildman–Crippen LogP) is 3.20. The zero-order valence-electron chi connectivity index (χ0n) is 11.6. The molecule has 2 heterocycles. The summed E-state index contributed by atoms with van der Waals surface area (Å²) in [5.41, 5.74) is 2.53. The first-order valence-electron chi connectivity index (χ1n) is 6.62. The van der Waals surface area contributed by atoms with E-state index in [2.05, 4.69) is 20.2 Å². The van der Waals surface area contributed by atoms with E-state index in [0.717, 1.165) is 5.56 Å². The molecule has 6 nitrogen and oxygen atoms in total. The van der Waals surface area contributed by atoms with Gasteiger partial charge in [0.05, 0.1) is 18.1 Å². The fourth-order valence-electron chi connectivity index (χ4n) is 1.94. The van der Waals surface area contributed by atoms with Crippen LogP contribution in [0.25, 0.3) is 0 Å². The molecule has 108 valence electrons. The van der Waals surface area contributed by atoms with E-state index in [1.807, 2.05) is 12.1 Å². The van der Waals surface area contributed by atoms with Gasteiger partial charge in [0.2, 0.25) is 0 Å². The number of rotatable bonds is 0. The molecule has 1 aromatic rings. The van der Waals surface area contributed by atoms with Gasteiger partial charge >= 0.3 is 0 Å². The molecule has 0 aliphatic carbocycles. The molecule has 1 aromatic carbocycles. The van der Waals surface area contributed by atoms with E-state index in [1.54, 1.807) is 30.6 Å². The van der Waals surface area contributed by atoms with Gasteiger partial charge in [-0.25, -0.2) is 4.99 Å². The Bertz CT molecular complexity index is 770. The summed E-state index contributed by atoms with van der Waals surface area (Å²) in [5.74, 6) is -0.332. The second-order valence-corrected chi connectivity index (χ2v) is 4.47.